The van der Waals surface area contributed by atoms with Crippen molar-refractivity contribution < 1.29 is 13.2 Å². The molecule has 3 nitrogen and oxygen atoms in total. The van der Waals surface area contributed by atoms with Crippen molar-refractivity contribution in [1.82, 2.24) is 4.98 Å². The summed E-state index contributed by atoms with van der Waals surface area (Å²) < 4.78 is 37.4. The minimum Gasteiger partial charge on any atom is -0.356 e. The molecule has 0 saturated heterocycles. The van der Waals surface area contributed by atoms with Crippen molar-refractivity contribution in [1.29, 1.82) is 0 Å². The number of halogens is 3. The Hall–Kier alpha value is -1.30. The summed E-state index contributed by atoms with van der Waals surface area (Å²) in [4.78, 5) is 5.82. The van der Waals surface area contributed by atoms with Crippen LogP contribution in [0.15, 0.2) is 18.3 Å². The highest BCUT2D eigenvalue weighted by Gasteiger charge is 2.31. The number of hydrogen-bond acceptors (Lipinski definition) is 3. The minimum atomic E-state index is -4.35. The summed E-state index contributed by atoms with van der Waals surface area (Å²) in [6.45, 7) is 7.79. The first-order valence-corrected chi connectivity index (χ1v) is 6.18. The fourth-order valence-corrected chi connectivity index (χ4v) is 1.68. The third kappa shape index (κ3) is 4.38. The molecule has 0 radical (unpaired) electrons. The van der Waals surface area contributed by atoms with E-state index in [9.17, 15) is 13.2 Å². The molecule has 108 valence electrons. The molecule has 0 amide bonds. The van der Waals surface area contributed by atoms with E-state index in [1.54, 1.807) is 0 Å². The fraction of sp³-hybridized carbons (Fsp3) is 0.615. The summed E-state index contributed by atoms with van der Waals surface area (Å²) >= 11 is 0. The van der Waals surface area contributed by atoms with E-state index in [4.69, 9.17) is 5.73 Å². The van der Waals surface area contributed by atoms with Crippen LogP contribution in [0.5, 0.6) is 0 Å². The van der Waals surface area contributed by atoms with Crippen LogP contribution in [-0.4, -0.2) is 24.6 Å². The van der Waals surface area contributed by atoms with Gasteiger partial charge in [0, 0.05) is 19.3 Å². The Morgan fingerprint density at radius 2 is 1.89 bits per heavy atom. The van der Waals surface area contributed by atoms with Crippen molar-refractivity contribution in [3.63, 3.8) is 0 Å². The van der Waals surface area contributed by atoms with Crippen LogP contribution in [0.3, 0.4) is 0 Å². The Morgan fingerprint density at radius 1 is 1.26 bits per heavy atom. The van der Waals surface area contributed by atoms with E-state index < -0.39 is 11.7 Å². The van der Waals surface area contributed by atoms with E-state index >= 15 is 0 Å². The van der Waals surface area contributed by atoms with Crippen molar-refractivity contribution >= 4 is 5.82 Å². The van der Waals surface area contributed by atoms with Crippen molar-refractivity contribution in [2.24, 2.45) is 11.1 Å². The molecule has 1 heterocycles. The summed E-state index contributed by atoms with van der Waals surface area (Å²) in [5.41, 5.74) is 4.83. The van der Waals surface area contributed by atoms with Gasteiger partial charge in [-0.1, -0.05) is 13.8 Å². The van der Waals surface area contributed by atoms with Gasteiger partial charge in [0.25, 0.3) is 0 Å². The Kier molecular flexibility index (Phi) is 4.79. The van der Waals surface area contributed by atoms with Crippen molar-refractivity contribution in [3.8, 4) is 0 Å². The van der Waals surface area contributed by atoms with Gasteiger partial charge in [-0.15, -0.1) is 0 Å². The minimum absolute atomic E-state index is 0.111. The van der Waals surface area contributed by atoms with Crippen LogP contribution in [0.4, 0.5) is 19.0 Å². The second-order valence-corrected chi connectivity index (χ2v) is 5.29. The monoisotopic (exact) mass is 275 g/mol. The zero-order valence-corrected chi connectivity index (χ0v) is 11.5. The zero-order chi connectivity index (χ0) is 14.7. The van der Waals surface area contributed by atoms with Gasteiger partial charge in [-0.05, 0) is 31.0 Å². The van der Waals surface area contributed by atoms with Crippen LogP contribution >= 0.6 is 0 Å². The third-order valence-electron chi connectivity index (χ3n) is 2.95. The summed E-state index contributed by atoms with van der Waals surface area (Å²) in [6, 6.07) is 2.46. The van der Waals surface area contributed by atoms with Gasteiger partial charge >= 0.3 is 6.18 Å². The highest BCUT2D eigenvalue weighted by Crippen LogP contribution is 2.29. The molecule has 0 fully saturated rings. The van der Waals surface area contributed by atoms with Crippen molar-refractivity contribution in [2.45, 2.75) is 26.9 Å². The maximum absolute atomic E-state index is 12.5. The van der Waals surface area contributed by atoms with Crippen LogP contribution in [0.1, 0.15) is 26.3 Å². The van der Waals surface area contributed by atoms with Gasteiger partial charge < -0.3 is 10.6 Å². The Bertz CT molecular complexity index is 399. The van der Waals surface area contributed by atoms with Crippen LogP contribution in [0, 0.1) is 5.41 Å². The molecule has 19 heavy (non-hydrogen) atoms. The molecule has 6 heteroatoms. The van der Waals surface area contributed by atoms with E-state index in [2.05, 4.69) is 4.98 Å². The topological polar surface area (TPSA) is 42.1 Å². The molecule has 0 aliphatic rings. The first-order chi connectivity index (χ1) is 8.69. The van der Waals surface area contributed by atoms with Gasteiger partial charge in [0.15, 0.2) is 0 Å². The number of aromatic nitrogens is 1. The van der Waals surface area contributed by atoms with Crippen molar-refractivity contribution in [2.75, 3.05) is 24.5 Å². The number of anilines is 1. The molecule has 1 rings (SSSR count). The van der Waals surface area contributed by atoms with E-state index in [-0.39, 0.29) is 5.41 Å². The first kappa shape index (κ1) is 15.8. The molecular weight excluding hydrogens is 255 g/mol. The summed E-state index contributed by atoms with van der Waals surface area (Å²) in [5.74, 6) is 0.539. The number of rotatable bonds is 5. The van der Waals surface area contributed by atoms with Gasteiger partial charge in [0.05, 0.1) is 5.56 Å². The fourth-order valence-electron chi connectivity index (χ4n) is 1.68. The molecule has 0 spiro atoms. The Labute approximate surface area is 111 Å². The molecule has 0 unspecified atom stereocenters. The Morgan fingerprint density at radius 3 is 2.26 bits per heavy atom. The van der Waals surface area contributed by atoms with Gasteiger partial charge in [-0.3, -0.25) is 0 Å². The summed E-state index contributed by atoms with van der Waals surface area (Å²) in [6.07, 6.45) is -3.48. The second-order valence-electron chi connectivity index (χ2n) is 5.29. The molecule has 0 aliphatic heterocycles. The van der Waals surface area contributed by atoms with Gasteiger partial charge in [0.2, 0.25) is 0 Å². The zero-order valence-electron chi connectivity index (χ0n) is 11.5. The number of nitrogens with two attached hydrogens (primary N) is 1. The number of hydrogen-bond donors (Lipinski definition) is 1. The van der Waals surface area contributed by atoms with Crippen molar-refractivity contribution in [3.05, 3.63) is 23.9 Å². The standard InChI is InChI=1S/C13H20F3N3/c1-4-19(9-12(2,3)8-17)11-6-5-10(7-18-11)13(14,15)16/h5-7H,4,8-9,17H2,1-3H3. The lowest BCUT2D eigenvalue weighted by Crippen LogP contribution is -2.39. The summed E-state index contributed by atoms with van der Waals surface area (Å²) in [7, 11) is 0. The molecule has 1 aromatic heterocycles. The lowest BCUT2D eigenvalue weighted by molar-refractivity contribution is -0.137. The lowest BCUT2D eigenvalue weighted by Gasteiger charge is -2.31. The molecule has 0 atom stereocenters. The smallest absolute Gasteiger partial charge is 0.356 e. The largest absolute Gasteiger partial charge is 0.417 e. The molecule has 0 aliphatic carbocycles. The SMILES string of the molecule is CCN(CC(C)(C)CN)c1ccc(C(F)(F)F)cn1. The maximum Gasteiger partial charge on any atom is 0.417 e. The molecular formula is C13H20F3N3. The van der Waals surface area contributed by atoms with E-state index in [0.29, 0.717) is 25.5 Å². The van der Waals surface area contributed by atoms with Crippen LogP contribution < -0.4 is 10.6 Å². The first-order valence-electron chi connectivity index (χ1n) is 6.18. The number of nitrogens with zero attached hydrogens (tertiary/aromatic N) is 2. The second kappa shape index (κ2) is 5.77. The molecule has 0 aromatic carbocycles. The molecule has 0 bridgehead atoms. The molecule has 1 aromatic rings. The summed E-state index contributed by atoms with van der Waals surface area (Å²) in [5, 5.41) is 0. The van der Waals surface area contributed by atoms with Crippen LogP contribution in [0.2, 0.25) is 0 Å². The normalized spacial score (nSPS) is 12.6. The van der Waals surface area contributed by atoms with Crippen LogP contribution in [-0.2, 0) is 6.18 Å². The molecule has 0 saturated carbocycles. The average Bonchev–Trinajstić information content (AvgIpc) is 2.35. The highest BCUT2D eigenvalue weighted by atomic mass is 19.4. The van der Waals surface area contributed by atoms with E-state index in [1.165, 1.54) is 6.07 Å². The predicted molar refractivity (Wildman–Crippen MR) is 70.0 cm³/mol. The van der Waals surface area contributed by atoms with Gasteiger partial charge in [-0.2, -0.15) is 13.2 Å². The highest BCUT2D eigenvalue weighted by molar-refractivity contribution is 5.40. The predicted octanol–water partition coefficient (Wildman–Crippen LogP) is 2.91. The van der Waals surface area contributed by atoms with Gasteiger partial charge in [0.1, 0.15) is 5.82 Å². The average molecular weight is 275 g/mol. The van der Waals surface area contributed by atoms with E-state index in [1.807, 2.05) is 25.7 Å². The third-order valence-corrected chi connectivity index (χ3v) is 2.95. The number of pyridine rings is 1. The number of alkyl halides is 3. The Balaban J connectivity index is 2.89. The van der Waals surface area contributed by atoms with Crippen LogP contribution in [0.25, 0.3) is 0 Å². The van der Waals surface area contributed by atoms with Gasteiger partial charge in [-0.25, -0.2) is 4.98 Å². The van der Waals surface area contributed by atoms with E-state index in [0.717, 1.165) is 12.3 Å². The molecule has 2 N–H and O–H groups in total. The maximum atomic E-state index is 12.5. The quantitative estimate of drug-likeness (QED) is 0.898. The lowest BCUT2D eigenvalue weighted by atomic mass is 9.93.